The SMILES string of the molecule is CC(N1CCN(C)CC1)C1(CN)CC1. The zero-order chi connectivity index (χ0) is 10.2. The highest BCUT2D eigenvalue weighted by Crippen LogP contribution is 2.49. The maximum Gasteiger partial charge on any atom is 0.0136 e. The molecular formula is C11H23N3. The van der Waals surface area contributed by atoms with E-state index in [0.717, 1.165) is 6.54 Å². The second-order valence-corrected chi connectivity index (χ2v) is 5.08. The zero-order valence-electron chi connectivity index (χ0n) is 9.50. The van der Waals surface area contributed by atoms with Gasteiger partial charge in [-0.15, -0.1) is 0 Å². The Balaban J connectivity index is 1.89. The Kier molecular flexibility index (Phi) is 2.82. The van der Waals surface area contributed by atoms with Crippen LogP contribution in [-0.2, 0) is 0 Å². The van der Waals surface area contributed by atoms with Crippen molar-refractivity contribution in [2.45, 2.75) is 25.8 Å². The Labute approximate surface area is 87.2 Å². The van der Waals surface area contributed by atoms with Crippen molar-refractivity contribution in [1.29, 1.82) is 0 Å². The molecule has 1 heterocycles. The van der Waals surface area contributed by atoms with Crippen molar-refractivity contribution < 1.29 is 0 Å². The summed E-state index contributed by atoms with van der Waals surface area (Å²) in [5.41, 5.74) is 6.35. The lowest BCUT2D eigenvalue weighted by Gasteiger charge is -2.39. The zero-order valence-corrected chi connectivity index (χ0v) is 9.50. The van der Waals surface area contributed by atoms with Crippen LogP contribution in [0.25, 0.3) is 0 Å². The average molecular weight is 197 g/mol. The van der Waals surface area contributed by atoms with E-state index >= 15 is 0 Å². The van der Waals surface area contributed by atoms with Gasteiger partial charge in [0.25, 0.3) is 0 Å². The summed E-state index contributed by atoms with van der Waals surface area (Å²) >= 11 is 0. The molecule has 1 aliphatic heterocycles. The molecule has 3 heteroatoms. The maximum absolute atomic E-state index is 5.87. The molecule has 82 valence electrons. The predicted octanol–water partition coefficient (Wildman–Crippen LogP) is 0.361. The molecule has 1 saturated carbocycles. The number of likely N-dealkylation sites (N-methyl/N-ethyl adjacent to an activating group) is 1. The Morgan fingerprint density at radius 2 is 1.79 bits per heavy atom. The van der Waals surface area contributed by atoms with Crippen LogP contribution in [0.2, 0.25) is 0 Å². The van der Waals surface area contributed by atoms with Crippen LogP contribution in [0.3, 0.4) is 0 Å². The van der Waals surface area contributed by atoms with Crippen molar-refractivity contribution in [3.63, 3.8) is 0 Å². The third-order valence-electron chi connectivity index (χ3n) is 4.27. The average Bonchev–Trinajstić information content (AvgIpc) is 2.99. The first kappa shape index (κ1) is 10.4. The minimum atomic E-state index is 0.482. The third kappa shape index (κ3) is 1.81. The summed E-state index contributed by atoms with van der Waals surface area (Å²) in [6.07, 6.45) is 2.69. The van der Waals surface area contributed by atoms with Crippen molar-refractivity contribution in [2.75, 3.05) is 39.8 Å². The van der Waals surface area contributed by atoms with E-state index in [1.807, 2.05) is 0 Å². The molecule has 0 aromatic carbocycles. The van der Waals surface area contributed by atoms with Gasteiger partial charge in [-0.3, -0.25) is 4.90 Å². The van der Waals surface area contributed by atoms with E-state index < -0.39 is 0 Å². The minimum absolute atomic E-state index is 0.482. The summed E-state index contributed by atoms with van der Waals surface area (Å²) in [5.74, 6) is 0. The molecule has 2 N–H and O–H groups in total. The van der Waals surface area contributed by atoms with Crippen LogP contribution in [0, 0.1) is 5.41 Å². The van der Waals surface area contributed by atoms with E-state index in [4.69, 9.17) is 5.73 Å². The number of hydrogen-bond donors (Lipinski definition) is 1. The van der Waals surface area contributed by atoms with Crippen molar-refractivity contribution in [2.24, 2.45) is 11.1 Å². The van der Waals surface area contributed by atoms with Crippen molar-refractivity contribution in [3.05, 3.63) is 0 Å². The Bertz CT molecular complexity index is 193. The third-order valence-corrected chi connectivity index (χ3v) is 4.27. The molecule has 1 aliphatic carbocycles. The van der Waals surface area contributed by atoms with Gasteiger partial charge in [-0.1, -0.05) is 0 Å². The molecule has 0 radical (unpaired) electrons. The van der Waals surface area contributed by atoms with Gasteiger partial charge in [-0.25, -0.2) is 0 Å². The van der Waals surface area contributed by atoms with Crippen LogP contribution in [-0.4, -0.2) is 55.6 Å². The summed E-state index contributed by atoms with van der Waals surface area (Å²) < 4.78 is 0. The van der Waals surface area contributed by atoms with Gasteiger partial charge in [0.1, 0.15) is 0 Å². The van der Waals surface area contributed by atoms with Crippen LogP contribution < -0.4 is 5.73 Å². The molecule has 0 spiro atoms. The molecule has 0 aromatic rings. The van der Waals surface area contributed by atoms with Crippen LogP contribution in [0.5, 0.6) is 0 Å². The topological polar surface area (TPSA) is 32.5 Å². The van der Waals surface area contributed by atoms with Gasteiger partial charge in [-0.2, -0.15) is 0 Å². The summed E-state index contributed by atoms with van der Waals surface area (Å²) in [6, 6.07) is 0.696. The smallest absolute Gasteiger partial charge is 0.0136 e. The summed E-state index contributed by atoms with van der Waals surface area (Å²) in [5, 5.41) is 0. The molecule has 0 amide bonds. The van der Waals surface area contributed by atoms with E-state index in [0.29, 0.717) is 11.5 Å². The van der Waals surface area contributed by atoms with E-state index in [1.54, 1.807) is 0 Å². The van der Waals surface area contributed by atoms with Gasteiger partial charge in [-0.05, 0) is 38.8 Å². The number of nitrogens with zero attached hydrogens (tertiary/aromatic N) is 2. The molecule has 1 unspecified atom stereocenters. The lowest BCUT2D eigenvalue weighted by atomic mass is 9.96. The van der Waals surface area contributed by atoms with Crippen LogP contribution in [0.15, 0.2) is 0 Å². The predicted molar refractivity (Wildman–Crippen MR) is 59.3 cm³/mol. The molecule has 2 fully saturated rings. The van der Waals surface area contributed by atoms with E-state index in [1.165, 1.54) is 39.0 Å². The number of rotatable bonds is 3. The lowest BCUT2D eigenvalue weighted by Crippen LogP contribution is -2.52. The summed E-state index contributed by atoms with van der Waals surface area (Å²) in [6.45, 7) is 8.11. The Morgan fingerprint density at radius 1 is 1.21 bits per heavy atom. The highest BCUT2D eigenvalue weighted by Gasteiger charge is 2.48. The molecule has 0 bridgehead atoms. The quantitative estimate of drug-likeness (QED) is 0.709. The maximum atomic E-state index is 5.87. The number of hydrogen-bond acceptors (Lipinski definition) is 3. The lowest BCUT2D eigenvalue weighted by molar-refractivity contribution is 0.0834. The molecule has 1 saturated heterocycles. The van der Waals surface area contributed by atoms with Gasteiger partial charge in [0.2, 0.25) is 0 Å². The first-order valence-corrected chi connectivity index (χ1v) is 5.81. The molecule has 0 aromatic heterocycles. The first-order chi connectivity index (χ1) is 6.68. The summed E-state index contributed by atoms with van der Waals surface area (Å²) in [4.78, 5) is 5.03. The fourth-order valence-corrected chi connectivity index (χ4v) is 2.55. The van der Waals surface area contributed by atoms with E-state index in [2.05, 4.69) is 23.8 Å². The molecule has 2 aliphatic rings. The second kappa shape index (κ2) is 3.80. The van der Waals surface area contributed by atoms with Gasteiger partial charge >= 0.3 is 0 Å². The van der Waals surface area contributed by atoms with Crippen LogP contribution in [0.4, 0.5) is 0 Å². The van der Waals surface area contributed by atoms with Crippen molar-refractivity contribution in [3.8, 4) is 0 Å². The molecule has 2 rings (SSSR count). The highest BCUT2D eigenvalue weighted by atomic mass is 15.3. The van der Waals surface area contributed by atoms with Gasteiger partial charge < -0.3 is 10.6 Å². The van der Waals surface area contributed by atoms with Gasteiger partial charge in [0, 0.05) is 32.2 Å². The van der Waals surface area contributed by atoms with Crippen LogP contribution in [0.1, 0.15) is 19.8 Å². The first-order valence-electron chi connectivity index (χ1n) is 5.81. The minimum Gasteiger partial charge on any atom is -0.330 e. The van der Waals surface area contributed by atoms with Gasteiger partial charge in [0.15, 0.2) is 0 Å². The molecule has 3 nitrogen and oxygen atoms in total. The Morgan fingerprint density at radius 3 is 2.21 bits per heavy atom. The fraction of sp³-hybridized carbons (Fsp3) is 1.00. The second-order valence-electron chi connectivity index (χ2n) is 5.08. The van der Waals surface area contributed by atoms with Crippen molar-refractivity contribution in [1.82, 2.24) is 9.80 Å². The highest BCUT2D eigenvalue weighted by molar-refractivity contribution is 5.02. The van der Waals surface area contributed by atoms with Crippen molar-refractivity contribution >= 4 is 0 Å². The standard InChI is InChI=1S/C11H23N3/c1-10(11(9-12)3-4-11)14-7-5-13(2)6-8-14/h10H,3-9,12H2,1-2H3. The van der Waals surface area contributed by atoms with E-state index in [-0.39, 0.29) is 0 Å². The van der Waals surface area contributed by atoms with Gasteiger partial charge in [0.05, 0.1) is 0 Å². The monoisotopic (exact) mass is 197 g/mol. The number of nitrogens with two attached hydrogens (primary N) is 1. The molecule has 14 heavy (non-hydrogen) atoms. The molecular weight excluding hydrogens is 174 g/mol. The fourth-order valence-electron chi connectivity index (χ4n) is 2.55. The number of piperazine rings is 1. The van der Waals surface area contributed by atoms with Crippen LogP contribution >= 0.6 is 0 Å². The Hall–Kier alpha value is -0.120. The summed E-state index contributed by atoms with van der Waals surface area (Å²) in [7, 11) is 2.21. The largest absolute Gasteiger partial charge is 0.330 e. The van der Waals surface area contributed by atoms with E-state index in [9.17, 15) is 0 Å². The normalized spacial score (nSPS) is 30.2. The molecule has 1 atom stereocenters.